The third-order valence-corrected chi connectivity index (χ3v) is 4.88. The van der Waals surface area contributed by atoms with Crippen LogP contribution in [0.2, 0.25) is 5.02 Å². The molecular weight excluding hydrogens is 358 g/mol. The Morgan fingerprint density at radius 3 is 2.63 bits per heavy atom. The second kappa shape index (κ2) is 8.31. The summed E-state index contributed by atoms with van der Waals surface area (Å²) in [6, 6.07) is 15.7. The summed E-state index contributed by atoms with van der Waals surface area (Å²) in [5.41, 5.74) is 6.53. The van der Waals surface area contributed by atoms with Crippen molar-refractivity contribution in [1.29, 1.82) is 0 Å². The molecule has 0 saturated carbocycles. The number of nitrogens with zero attached hydrogens (tertiary/aromatic N) is 1. The Balaban J connectivity index is 1.64. The fourth-order valence-corrected chi connectivity index (χ4v) is 3.16. The largest absolute Gasteiger partial charge is 0.345 e. The predicted molar refractivity (Wildman–Crippen MR) is 111 cm³/mol. The lowest BCUT2D eigenvalue weighted by Crippen LogP contribution is -2.29. The van der Waals surface area contributed by atoms with E-state index in [2.05, 4.69) is 47.2 Å². The van der Waals surface area contributed by atoms with Crippen LogP contribution in [0.1, 0.15) is 27.9 Å². The van der Waals surface area contributed by atoms with Crippen LogP contribution in [0.4, 0.5) is 10.5 Å². The van der Waals surface area contributed by atoms with E-state index in [1.165, 1.54) is 16.7 Å². The van der Waals surface area contributed by atoms with Crippen LogP contribution in [-0.2, 0) is 13.1 Å². The summed E-state index contributed by atoms with van der Waals surface area (Å²) in [5, 5.41) is 6.37. The standard InChI is InChI=1S/C22H24ClN3O/c1-15-6-7-16(2)18(11-15)14-26-10-4-5-20(26)13-24-22(27)25-21-12-19(23)9-8-17(21)3/h4-12H,13-14H2,1-3H3,(H2,24,25,27). The maximum Gasteiger partial charge on any atom is 0.319 e. The fourth-order valence-electron chi connectivity index (χ4n) is 2.98. The Morgan fingerprint density at radius 1 is 1.04 bits per heavy atom. The van der Waals surface area contributed by atoms with Gasteiger partial charge in [-0.3, -0.25) is 0 Å². The molecular formula is C22H24ClN3O. The van der Waals surface area contributed by atoms with Gasteiger partial charge in [0.05, 0.1) is 6.54 Å². The second-order valence-electron chi connectivity index (χ2n) is 6.82. The molecule has 0 saturated heterocycles. The quantitative estimate of drug-likeness (QED) is 0.607. The molecule has 3 rings (SSSR count). The average molecular weight is 382 g/mol. The van der Waals surface area contributed by atoms with Crippen molar-refractivity contribution in [3.63, 3.8) is 0 Å². The van der Waals surface area contributed by atoms with E-state index in [4.69, 9.17) is 11.6 Å². The van der Waals surface area contributed by atoms with Gasteiger partial charge in [0, 0.05) is 29.1 Å². The SMILES string of the molecule is Cc1ccc(C)c(Cn2cccc2CNC(=O)Nc2cc(Cl)ccc2C)c1. The fraction of sp³-hybridized carbons (Fsp3) is 0.227. The van der Waals surface area contributed by atoms with E-state index in [1.54, 1.807) is 12.1 Å². The normalized spacial score (nSPS) is 10.7. The minimum Gasteiger partial charge on any atom is -0.345 e. The Labute approximate surface area is 165 Å². The Bertz CT molecular complexity index is 962. The summed E-state index contributed by atoms with van der Waals surface area (Å²) < 4.78 is 2.16. The van der Waals surface area contributed by atoms with Crippen molar-refractivity contribution in [3.8, 4) is 0 Å². The molecule has 1 heterocycles. The number of amides is 2. The van der Waals surface area contributed by atoms with E-state index in [-0.39, 0.29) is 6.03 Å². The number of aryl methyl sites for hydroxylation is 3. The van der Waals surface area contributed by atoms with Crippen LogP contribution in [0.3, 0.4) is 0 Å². The van der Waals surface area contributed by atoms with Crippen LogP contribution in [0.5, 0.6) is 0 Å². The lowest BCUT2D eigenvalue weighted by atomic mass is 10.1. The van der Waals surface area contributed by atoms with Crippen LogP contribution < -0.4 is 10.6 Å². The van der Waals surface area contributed by atoms with Crippen LogP contribution in [0.25, 0.3) is 0 Å². The highest BCUT2D eigenvalue weighted by molar-refractivity contribution is 6.31. The molecule has 0 bridgehead atoms. The van der Waals surface area contributed by atoms with Crippen molar-refractivity contribution in [2.75, 3.05) is 5.32 Å². The van der Waals surface area contributed by atoms with Gasteiger partial charge in [-0.15, -0.1) is 0 Å². The highest BCUT2D eigenvalue weighted by atomic mass is 35.5. The van der Waals surface area contributed by atoms with Gasteiger partial charge in [0.1, 0.15) is 0 Å². The third-order valence-electron chi connectivity index (χ3n) is 4.65. The first-order chi connectivity index (χ1) is 12.9. The zero-order valence-corrected chi connectivity index (χ0v) is 16.6. The molecule has 3 aromatic rings. The van der Waals surface area contributed by atoms with Gasteiger partial charge in [-0.1, -0.05) is 41.4 Å². The number of hydrogen-bond donors (Lipinski definition) is 2. The molecule has 4 nitrogen and oxygen atoms in total. The first-order valence-electron chi connectivity index (χ1n) is 8.93. The molecule has 140 valence electrons. The van der Waals surface area contributed by atoms with Crippen molar-refractivity contribution in [2.45, 2.75) is 33.9 Å². The molecule has 1 aromatic heterocycles. The summed E-state index contributed by atoms with van der Waals surface area (Å²) in [5.74, 6) is 0. The Kier molecular flexibility index (Phi) is 5.87. The zero-order chi connectivity index (χ0) is 19.4. The van der Waals surface area contributed by atoms with E-state index in [0.29, 0.717) is 17.3 Å². The maximum absolute atomic E-state index is 12.3. The summed E-state index contributed by atoms with van der Waals surface area (Å²) in [7, 11) is 0. The number of hydrogen-bond acceptors (Lipinski definition) is 1. The van der Waals surface area contributed by atoms with Crippen LogP contribution in [-0.4, -0.2) is 10.6 Å². The number of anilines is 1. The molecule has 0 unspecified atom stereocenters. The number of aromatic nitrogens is 1. The number of benzene rings is 2. The lowest BCUT2D eigenvalue weighted by molar-refractivity contribution is 0.251. The van der Waals surface area contributed by atoms with E-state index in [1.807, 2.05) is 31.3 Å². The molecule has 2 aromatic carbocycles. The molecule has 2 N–H and O–H groups in total. The van der Waals surface area contributed by atoms with Crippen LogP contribution in [0.15, 0.2) is 54.7 Å². The number of carbonyl (C=O) groups excluding carboxylic acids is 1. The summed E-state index contributed by atoms with van der Waals surface area (Å²) in [6.07, 6.45) is 2.04. The van der Waals surface area contributed by atoms with E-state index in [9.17, 15) is 4.79 Å². The van der Waals surface area contributed by atoms with E-state index >= 15 is 0 Å². The van der Waals surface area contributed by atoms with Gasteiger partial charge in [-0.2, -0.15) is 0 Å². The molecule has 0 fully saturated rings. The number of rotatable bonds is 5. The van der Waals surface area contributed by atoms with Gasteiger partial charge in [0.15, 0.2) is 0 Å². The van der Waals surface area contributed by atoms with Gasteiger partial charge >= 0.3 is 6.03 Å². The monoisotopic (exact) mass is 381 g/mol. The number of urea groups is 1. The van der Waals surface area contributed by atoms with Crippen molar-refractivity contribution < 1.29 is 4.79 Å². The van der Waals surface area contributed by atoms with Crippen molar-refractivity contribution >= 4 is 23.3 Å². The summed E-state index contributed by atoms with van der Waals surface area (Å²) >= 11 is 6.01. The Hall–Kier alpha value is -2.72. The van der Waals surface area contributed by atoms with E-state index in [0.717, 1.165) is 17.8 Å². The van der Waals surface area contributed by atoms with Crippen LogP contribution in [0, 0.1) is 20.8 Å². The number of halogens is 1. The second-order valence-corrected chi connectivity index (χ2v) is 7.26. The Morgan fingerprint density at radius 2 is 1.81 bits per heavy atom. The topological polar surface area (TPSA) is 46.1 Å². The summed E-state index contributed by atoms with van der Waals surface area (Å²) in [4.78, 5) is 12.3. The van der Waals surface area contributed by atoms with Crippen molar-refractivity contribution in [2.24, 2.45) is 0 Å². The van der Waals surface area contributed by atoms with Crippen LogP contribution >= 0.6 is 11.6 Å². The minimum absolute atomic E-state index is 0.250. The van der Waals surface area contributed by atoms with Gasteiger partial charge in [0.2, 0.25) is 0 Å². The maximum atomic E-state index is 12.3. The van der Waals surface area contributed by atoms with Crippen molar-refractivity contribution in [1.82, 2.24) is 9.88 Å². The highest BCUT2D eigenvalue weighted by Crippen LogP contribution is 2.20. The van der Waals surface area contributed by atoms with Gasteiger partial charge in [0.25, 0.3) is 0 Å². The molecule has 0 aliphatic heterocycles. The minimum atomic E-state index is -0.250. The van der Waals surface area contributed by atoms with Gasteiger partial charge in [-0.05, 0) is 61.7 Å². The molecule has 0 aliphatic carbocycles. The molecule has 5 heteroatoms. The highest BCUT2D eigenvalue weighted by Gasteiger charge is 2.08. The third kappa shape index (κ3) is 4.92. The first-order valence-corrected chi connectivity index (χ1v) is 9.31. The lowest BCUT2D eigenvalue weighted by Gasteiger charge is -2.14. The molecule has 0 spiro atoms. The molecule has 0 radical (unpaired) electrons. The smallest absolute Gasteiger partial charge is 0.319 e. The average Bonchev–Trinajstić information content (AvgIpc) is 3.06. The molecule has 2 amide bonds. The van der Waals surface area contributed by atoms with Crippen molar-refractivity contribution in [3.05, 3.63) is 87.7 Å². The number of nitrogens with one attached hydrogen (secondary N) is 2. The first kappa shape index (κ1) is 19.1. The summed E-state index contributed by atoms with van der Waals surface area (Å²) in [6.45, 7) is 7.39. The molecule has 27 heavy (non-hydrogen) atoms. The predicted octanol–water partition coefficient (Wildman–Crippen LogP) is 5.44. The molecule has 0 atom stereocenters. The molecule has 0 aliphatic rings. The zero-order valence-electron chi connectivity index (χ0n) is 15.8. The number of carbonyl (C=O) groups is 1. The van der Waals surface area contributed by atoms with E-state index < -0.39 is 0 Å². The van der Waals surface area contributed by atoms with Gasteiger partial charge in [-0.25, -0.2) is 4.79 Å². The van der Waals surface area contributed by atoms with Gasteiger partial charge < -0.3 is 15.2 Å².